The molecule has 0 radical (unpaired) electrons. The van der Waals surface area contributed by atoms with Crippen molar-refractivity contribution in [2.24, 2.45) is 0 Å². The Morgan fingerprint density at radius 3 is 2.19 bits per heavy atom. The van der Waals surface area contributed by atoms with Crippen molar-refractivity contribution >= 4 is 39.1 Å². The second kappa shape index (κ2) is 14.6. The molecule has 1 aliphatic carbocycles. The highest BCUT2D eigenvalue weighted by Gasteiger charge is 2.33. The Morgan fingerprint density at radius 2 is 1.60 bits per heavy atom. The quantitative estimate of drug-likeness (QED) is 0.273. The molecule has 3 aromatic rings. The van der Waals surface area contributed by atoms with Crippen molar-refractivity contribution in [3.63, 3.8) is 0 Å². The minimum absolute atomic E-state index is 0.0918. The Labute approximate surface area is 253 Å². The van der Waals surface area contributed by atoms with Gasteiger partial charge >= 0.3 is 0 Å². The summed E-state index contributed by atoms with van der Waals surface area (Å²) in [7, 11) is -3.84. The van der Waals surface area contributed by atoms with Crippen molar-refractivity contribution in [3.05, 3.63) is 95.0 Å². The number of rotatable bonds is 13. The lowest BCUT2D eigenvalue weighted by atomic mass is 10.1. The van der Waals surface area contributed by atoms with E-state index >= 15 is 0 Å². The van der Waals surface area contributed by atoms with Gasteiger partial charge in [-0.3, -0.25) is 13.9 Å². The molecule has 8 nitrogen and oxygen atoms in total. The van der Waals surface area contributed by atoms with Crippen molar-refractivity contribution in [1.29, 1.82) is 0 Å². The van der Waals surface area contributed by atoms with Gasteiger partial charge in [-0.25, -0.2) is 8.42 Å². The van der Waals surface area contributed by atoms with Gasteiger partial charge in [0, 0.05) is 17.6 Å². The molecule has 0 bridgehead atoms. The van der Waals surface area contributed by atoms with Crippen LogP contribution in [-0.4, -0.2) is 50.0 Å². The molecule has 1 saturated carbocycles. The van der Waals surface area contributed by atoms with E-state index in [1.165, 1.54) is 4.90 Å². The highest BCUT2D eigenvalue weighted by molar-refractivity contribution is 7.92. The molecule has 2 amide bonds. The lowest BCUT2D eigenvalue weighted by Crippen LogP contribution is -2.53. The van der Waals surface area contributed by atoms with E-state index in [1.54, 1.807) is 48.5 Å². The Hall–Kier alpha value is -3.56. The number of sulfonamides is 1. The summed E-state index contributed by atoms with van der Waals surface area (Å²) in [5, 5.41) is 3.66. The molecular formula is C32H38ClN3O5S. The van der Waals surface area contributed by atoms with E-state index in [0.29, 0.717) is 29.5 Å². The van der Waals surface area contributed by atoms with Gasteiger partial charge in [0.2, 0.25) is 21.8 Å². The fourth-order valence-corrected chi connectivity index (χ4v) is 6.11. The fraction of sp³-hybridized carbons (Fsp3) is 0.375. The van der Waals surface area contributed by atoms with E-state index in [9.17, 15) is 18.0 Å². The summed E-state index contributed by atoms with van der Waals surface area (Å²) in [6, 6.07) is 22.7. The van der Waals surface area contributed by atoms with Gasteiger partial charge in [-0.2, -0.15) is 0 Å². The molecule has 224 valence electrons. The number of nitrogens with one attached hydrogen (secondary N) is 1. The highest BCUT2D eigenvalue weighted by atomic mass is 35.5. The number of anilines is 1. The Kier molecular flexibility index (Phi) is 10.9. The Morgan fingerprint density at radius 1 is 0.952 bits per heavy atom. The van der Waals surface area contributed by atoms with Gasteiger partial charge in [-0.05, 0) is 66.8 Å². The van der Waals surface area contributed by atoms with Gasteiger partial charge < -0.3 is 15.0 Å². The van der Waals surface area contributed by atoms with Crippen LogP contribution in [0.25, 0.3) is 0 Å². The van der Waals surface area contributed by atoms with E-state index in [-0.39, 0.29) is 18.5 Å². The van der Waals surface area contributed by atoms with Crippen LogP contribution in [0.2, 0.25) is 5.02 Å². The maximum Gasteiger partial charge on any atom is 0.244 e. The van der Waals surface area contributed by atoms with E-state index < -0.39 is 28.5 Å². The number of hydrogen-bond acceptors (Lipinski definition) is 5. The first kappa shape index (κ1) is 31.4. The molecule has 1 atom stereocenters. The smallest absolute Gasteiger partial charge is 0.244 e. The molecule has 42 heavy (non-hydrogen) atoms. The first-order valence-electron chi connectivity index (χ1n) is 14.2. The second-order valence-electron chi connectivity index (χ2n) is 10.6. The number of nitrogens with zero attached hydrogens (tertiary/aromatic N) is 2. The van der Waals surface area contributed by atoms with Gasteiger partial charge in [0.25, 0.3) is 0 Å². The molecule has 3 aromatic carbocycles. The molecule has 1 fully saturated rings. The summed E-state index contributed by atoms with van der Waals surface area (Å²) < 4.78 is 32.7. The molecular weight excluding hydrogens is 574 g/mol. The second-order valence-corrected chi connectivity index (χ2v) is 12.9. The van der Waals surface area contributed by atoms with Crippen LogP contribution in [0.4, 0.5) is 5.69 Å². The molecule has 1 aliphatic rings. The molecule has 0 aliphatic heterocycles. The first-order chi connectivity index (χ1) is 20.1. The Bertz CT molecular complexity index is 1430. The number of amides is 2. The molecule has 10 heteroatoms. The van der Waals surface area contributed by atoms with Crippen LogP contribution in [0.1, 0.15) is 50.2 Å². The third-order valence-electron chi connectivity index (χ3n) is 7.41. The van der Waals surface area contributed by atoms with Crippen LogP contribution in [0.5, 0.6) is 5.75 Å². The molecule has 1 N–H and O–H groups in total. The zero-order valence-corrected chi connectivity index (χ0v) is 25.6. The summed E-state index contributed by atoms with van der Waals surface area (Å²) in [5.74, 6) is -0.132. The largest absolute Gasteiger partial charge is 0.489 e. The van der Waals surface area contributed by atoms with E-state index in [4.69, 9.17) is 16.3 Å². The average molecular weight is 612 g/mol. The summed E-state index contributed by atoms with van der Waals surface area (Å²) in [6.45, 7) is 1.90. The number of hydrogen-bond donors (Lipinski definition) is 1. The fourth-order valence-electron chi connectivity index (χ4n) is 5.14. The topological polar surface area (TPSA) is 96.0 Å². The summed E-state index contributed by atoms with van der Waals surface area (Å²) in [5.41, 5.74) is 2.12. The van der Waals surface area contributed by atoms with Gasteiger partial charge in [0.15, 0.2) is 0 Å². The van der Waals surface area contributed by atoms with Crippen molar-refractivity contribution in [2.45, 2.75) is 64.3 Å². The normalized spacial score (nSPS) is 14.3. The Balaban J connectivity index is 1.54. The number of carbonyl (C=O) groups excluding carboxylic acids is 2. The number of benzene rings is 3. The maximum absolute atomic E-state index is 13.9. The lowest BCUT2D eigenvalue weighted by molar-refractivity contribution is -0.140. The minimum atomic E-state index is -3.84. The third-order valence-corrected chi connectivity index (χ3v) is 8.80. The van der Waals surface area contributed by atoms with E-state index in [2.05, 4.69) is 5.32 Å². The first-order valence-corrected chi connectivity index (χ1v) is 16.5. The third kappa shape index (κ3) is 8.72. The summed E-state index contributed by atoms with van der Waals surface area (Å²) in [6.07, 6.45) is 5.40. The predicted octanol–water partition coefficient (Wildman–Crippen LogP) is 5.55. The molecule has 0 spiro atoms. The SMILES string of the molecule is CC[C@H](C(=O)NC1CCCC1)N(Cc1ccc(Cl)cc1)C(=O)CN(c1ccc(OCc2ccccc2)cc1)S(C)(=O)=O. The van der Waals surface area contributed by atoms with Crippen LogP contribution in [0, 0.1) is 0 Å². The zero-order valence-electron chi connectivity index (χ0n) is 24.0. The van der Waals surface area contributed by atoms with Crippen LogP contribution < -0.4 is 14.4 Å². The number of halogens is 1. The van der Waals surface area contributed by atoms with Crippen molar-refractivity contribution in [3.8, 4) is 5.75 Å². The van der Waals surface area contributed by atoms with E-state index in [1.807, 2.05) is 37.3 Å². The summed E-state index contributed by atoms with van der Waals surface area (Å²) in [4.78, 5) is 28.8. The number of ether oxygens (including phenoxy) is 1. The van der Waals surface area contributed by atoms with Gasteiger partial charge in [-0.1, -0.05) is 73.8 Å². The minimum Gasteiger partial charge on any atom is -0.489 e. The van der Waals surface area contributed by atoms with Crippen LogP contribution in [0.15, 0.2) is 78.9 Å². The molecule has 0 heterocycles. The standard InChI is InChI=1S/C32H38ClN3O5S/c1-3-30(32(38)34-27-11-7-8-12-27)35(21-24-13-15-26(33)16-14-24)31(37)22-36(42(2,39)40)28-17-19-29(20-18-28)41-23-25-9-5-4-6-10-25/h4-6,9-10,13-20,27,30H,3,7-8,11-12,21-23H2,1-2H3,(H,34,38)/t30-/m1/s1. The van der Waals surface area contributed by atoms with Crippen molar-refractivity contribution < 1.29 is 22.7 Å². The number of carbonyl (C=O) groups is 2. The van der Waals surface area contributed by atoms with Crippen LogP contribution in [0.3, 0.4) is 0 Å². The zero-order chi connectivity index (χ0) is 30.1. The van der Waals surface area contributed by atoms with Crippen LogP contribution >= 0.6 is 11.6 Å². The van der Waals surface area contributed by atoms with Crippen molar-refractivity contribution in [2.75, 3.05) is 17.1 Å². The van der Waals surface area contributed by atoms with Crippen molar-refractivity contribution in [1.82, 2.24) is 10.2 Å². The maximum atomic E-state index is 13.9. The molecule has 0 aromatic heterocycles. The lowest BCUT2D eigenvalue weighted by Gasteiger charge is -2.33. The van der Waals surface area contributed by atoms with Crippen LogP contribution in [-0.2, 0) is 32.8 Å². The van der Waals surface area contributed by atoms with Gasteiger partial charge in [0.05, 0.1) is 11.9 Å². The van der Waals surface area contributed by atoms with E-state index in [0.717, 1.165) is 47.4 Å². The highest BCUT2D eigenvalue weighted by Crippen LogP contribution is 2.24. The molecule has 4 rings (SSSR count). The predicted molar refractivity (Wildman–Crippen MR) is 166 cm³/mol. The monoisotopic (exact) mass is 611 g/mol. The van der Waals surface area contributed by atoms with Gasteiger partial charge in [-0.15, -0.1) is 0 Å². The average Bonchev–Trinajstić information content (AvgIpc) is 3.49. The molecule has 0 unspecified atom stereocenters. The van der Waals surface area contributed by atoms with Gasteiger partial charge in [0.1, 0.15) is 24.9 Å². The summed E-state index contributed by atoms with van der Waals surface area (Å²) >= 11 is 6.07. The molecule has 0 saturated heterocycles.